The van der Waals surface area contributed by atoms with Crippen LogP contribution in [0.3, 0.4) is 0 Å². The molecule has 1 unspecified atom stereocenters. The third-order valence-corrected chi connectivity index (χ3v) is 5.20. The molecule has 0 saturated carbocycles. The molecule has 1 fully saturated rings. The van der Waals surface area contributed by atoms with Crippen LogP contribution in [0, 0.1) is 5.92 Å². The molecule has 2 aliphatic heterocycles. The summed E-state index contributed by atoms with van der Waals surface area (Å²) in [6, 6.07) is 14.0. The number of ether oxygens (including phenoxy) is 3. The van der Waals surface area contributed by atoms with Gasteiger partial charge >= 0.3 is 0 Å². The molecular weight excluding hydrogens is 350 g/mol. The number of para-hydroxylation sites is 1. The van der Waals surface area contributed by atoms with Gasteiger partial charge in [-0.15, -0.1) is 0 Å². The average molecular weight is 374 g/mol. The smallest absolute Gasteiger partial charge is 0.189 e. The minimum absolute atomic E-state index is 0.315. The van der Waals surface area contributed by atoms with Crippen LogP contribution in [-0.2, 0) is 17.9 Å². The van der Waals surface area contributed by atoms with Gasteiger partial charge in [0.05, 0.1) is 13.2 Å². The minimum atomic E-state index is 0.315. The van der Waals surface area contributed by atoms with Crippen LogP contribution in [0.25, 0.3) is 0 Å². The molecule has 0 amide bonds. The van der Waals surface area contributed by atoms with Crippen LogP contribution in [0.1, 0.15) is 24.0 Å². The van der Waals surface area contributed by atoms with E-state index in [9.17, 15) is 0 Å². The SMILES string of the molecule is Clc1cc2c(c(CN3CCCC(COc4ccccc4)C3)c1)OCOC2. The first-order valence-electron chi connectivity index (χ1n) is 9.20. The second-order valence-electron chi connectivity index (χ2n) is 7.03. The van der Waals surface area contributed by atoms with Crippen molar-refractivity contribution in [1.82, 2.24) is 4.90 Å². The molecule has 2 aliphatic rings. The summed E-state index contributed by atoms with van der Waals surface area (Å²) in [5.74, 6) is 2.44. The van der Waals surface area contributed by atoms with E-state index in [-0.39, 0.29) is 0 Å². The molecule has 1 saturated heterocycles. The van der Waals surface area contributed by atoms with Gasteiger partial charge in [0, 0.05) is 35.2 Å². The Morgan fingerprint density at radius 3 is 2.96 bits per heavy atom. The number of hydrogen-bond acceptors (Lipinski definition) is 4. The van der Waals surface area contributed by atoms with Crippen LogP contribution >= 0.6 is 11.6 Å². The topological polar surface area (TPSA) is 30.9 Å². The van der Waals surface area contributed by atoms with E-state index in [4.69, 9.17) is 25.8 Å². The average Bonchev–Trinajstić information content (AvgIpc) is 2.67. The van der Waals surface area contributed by atoms with Crippen molar-refractivity contribution in [2.45, 2.75) is 26.0 Å². The van der Waals surface area contributed by atoms with E-state index in [0.717, 1.165) is 53.9 Å². The molecule has 2 aromatic carbocycles. The fourth-order valence-corrected chi connectivity index (χ4v) is 4.04. The fraction of sp³-hybridized carbons (Fsp3) is 0.429. The lowest BCUT2D eigenvalue weighted by Gasteiger charge is -2.33. The van der Waals surface area contributed by atoms with E-state index in [1.165, 1.54) is 12.8 Å². The number of nitrogens with zero attached hydrogens (tertiary/aromatic N) is 1. The van der Waals surface area contributed by atoms with E-state index >= 15 is 0 Å². The molecule has 26 heavy (non-hydrogen) atoms. The summed E-state index contributed by atoms with van der Waals surface area (Å²) in [6.45, 7) is 4.62. The third-order valence-electron chi connectivity index (χ3n) is 4.98. The molecule has 0 spiro atoms. The van der Waals surface area contributed by atoms with Crippen molar-refractivity contribution < 1.29 is 14.2 Å². The molecular formula is C21H24ClNO3. The molecule has 4 rings (SSSR count). The highest BCUT2D eigenvalue weighted by atomic mass is 35.5. The van der Waals surface area contributed by atoms with Gasteiger partial charge in [0.2, 0.25) is 0 Å². The summed E-state index contributed by atoms with van der Waals surface area (Å²) >= 11 is 6.30. The summed E-state index contributed by atoms with van der Waals surface area (Å²) < 4.78 is 17.1. The highest BCUT2D eigenvalue weighted by molar-refractivity contribution is 6.30. The molecule has 0 aromatic heterocycles. The lowest BCUT2D eigenvalue weighted by Crippen LogP contribution is -2.37. The van der Waals surface area contributed by atoms with Crippen molar-refractivity contribution in [1.29, 1.82) is 0 Å². The highest BCUT2D eigenvalue weighted by Crippen LogP contribution is 2.33. The van der Waals surface area contributed by atoms with Crippen LogP contribution in [0.15, 0.2) is 42.5 Å². The van der Waals surface area contributed by atoms with Gasteiger partial charge in [0.15, 0.2) is 6.79 Å². The van der Waals surface area contributed by atoms with Crippen molar-refractivity contribution in [3.63, 3.8) is 0 Å². The van der Waals surface area contributed by atoms with Gasteiger partial charge in [0.25, 0.3) is 0 Å². The highest BCUT2D eigenvalue weighted by Gasteiger charge is 2.23. The Bertz CT molecular complexity index is 738. The van der Waals surface area contributed by atoms with Crippen molar-refractivity contribution in [3.05, 3.63) is 58.6 Å². The van der Waals surface area contributed by atoms with E-state index in [1.807, 2.05) is 42.5 Å². The zero-order valence-electron chi connectivity index (χ0n) is 14.8. The number of fused-ring (bicyclic) bond motifs is 1. The van der Waals surface area contributed by atoms with Crippen LogP contribution in [-0.4, -0.2) is 31.4 Å². The van der Waals surface area contributed by atoms with Crippen LogP contribution in [0.2, 0.25) is 5.02 Å². The zero-order chi connectivity index (χ0) is 17.8. The van der Waals surface area contributed by atoms with E-state index in [2.05, 4.69) is 4.90 Å². The van der Waals surface area contributed by atoms with Crippen molar-refractivity contribution in [2.75, 3.05) is 26.5 Å². The quantitative estimate of drug-likeness (QED) is 0.772. The third kappa shape index (κ3) is 4.32. The number of halogens is 1. The maximum Gasteiger partial charge on any atom is 0.189 e. The largest absolute Gasteiger partial charge is 0.493 e. The molecule has 1 atom stereocenters. The summed E-state index contributed by atoms with van der Waals surface area (Å²) in [5, 5.41) is 0.744. The number of benzene rings is 2. The zero-order valence-corrected chi connectivity index (χ0v) is 15.6. The lowest BCUT2D eigenvalue weighted by atomic mass is 9.98. The van der Waals surface area contributed by atoms with Gasteiger partial charge in [0.1, 0.15) is 11.5 Å². The summed E-state index contributed by atoms with van der Waals surface area (Å²) in [7, 11) is 0. The Morgan fingerprint density at radius 2 is 2.08 bits per heavy atom. The van der Waals surface area contributed by atoms with Gasteiger partial charge in [-0.05, 0) is 43.7 Å². The predicted octanol–water partition coefficient (Wildman–Crippen LogP) is 4.50. The van der Waals surface area contributed by atoms with Gasteiger partial charge in [-0.2, -0.15) is 0 Å². The Morgan fingerprint density at radius 1 is 1.19 bits per heavy atom. The van der Waals surface area contributed by atoms with Gasteiger partial charge in [-0.1, -0.05) is 29.8 Å². The fourth-order valence-electron chi connectivity index (χ4n) is 3.78. The first kappa shape index (κ1) is 17.7. The molecule has 4 nitrogen and oxygen atoms in total. The first-order valence-corrected chi connectivity index (χ1v) is 9.58. The van der Waals surface area contributed by atoms with Gasteiger partial charge in [-0.25, -0.2) is 0 Å². The standard InChI is InChI=1S/C21H24ClNO3/c22-19-9-17(21-18(10-19)14-24-15-26-21)12-23-8-4-5-16(11-23)13-25-20-6-2-1-3-7-20/h1-3,6-7,9-10,16H,4-5,8,11-15H2. The molecule has 2 aromatic rings. The second-order valence-corrected chi connectivity index (χ2v) is 7.47. The Labute approximate surface area is 159 Å². The Hall–Kier alpha value is -1.75. The lowest BCUT2D eigenvalue weighted by molar-refractivity contribution is -0.0176. The van der Waals surface area contributed by atoms with Crippen LogP contribution in [0.4, 0.5) is 0 Å². The first-order chi connectivity index (χ1) is 12.8. The molecule has 138 valence electrons. The molecule has 0 bridgehead atoms. The molecule has 0 radical (unpaired) electrons. The monoisotopic (exact) mass is 373 g/mol. The van der Waals surface area contributed by atoms with E-state index < -0.39 is 0 Å². The number of likely N-dealkylation sites (tertiary alicyclic amines) is 1. The summed E-state index contributed by atoms with van der Waals surface area (Å²) in [6.07, 6.45) is 2.40. The summed E-state index contributed by atoms with van der Waals surface area (Å²) in [5.41, 5.74) is 2.19. The number of rotatable bonds is 5. The number of hydrogen-bond donors (Lipinski definition) is 0. The van der Waals surface area contributed by atoms with Gasteiger partial charge in [-0.3, -0.25) is 4.90 Å². The Kier molecular flexibility index (Phi) is 5.63. The molecule has 5 heteroatoms. The maximum absolute atomic E-state index is 6.30. The molecule has 0 aliphatic carbocycles. The maximum atomic E-state index is 6.30. The normalized spacial score (nSPS) is 20.3. The molecule has 0 N–H and O–H groups in total. The van der Waals surface area contributed by atoms with Gasteiger partial charge < -0.3 is 14.2 Å². The van der Waals surface area contributed by atoms with Crippen molar-refractivity contribution in [3.8, 4) is 11.5 Å². The molecule has 2 heterocycles. The predicted molar refractivity (Wildman–Crippen MR) is 102 cm³/mol. The van der Waals surface area contributed by atoms with E-state index in [0.29, 0.717) is 19.3 Å². The van der Waals surface area contributed by atoms with Crippen LogP contribution in [0.5, 0.6) is 11.5 Å². The Balaban J connectivity index is 1.39. The summed E-state index contributed by atoms with van der Waals surface area (Å²) in [4.78, 5) is 2.48. The van der Waals surface area contributed by atoms with Crippen LogP contribution < -0.4 is 9.47 Å². The van der Waals surface area contributed by atoms with Crippen molar-refractivity contribution >= 4 is 11.6 Å². The minimum Gasteiger partial charge on any atom is -0.493 e. The van der Waals surface area contributed by atoms with Crippen molar-refractivity contribution in [2.24, 2.45) is 5.92 Å². The number of piperidine rings is 1. The van der Waals surface area contributed by atoms with E-state index in [1.54, 1.807) is 0 Å². The second kappa shape index (κ2) is 8.30.